The maximum absolute atomic E-state index is 13.5. The van der Waals surface area contributed by atoms with Crippen LogP contribution in [0.5, 0.6) is 0 Å². The number of aryl methyl sites for hydroxylation is 1. The number of rotatable bonds is 2. The van der Waals surface area contributed by atoms with Crippen molar-refractivity contribution < 1.29 is 9.18 Å². The number of alkyl halides is 1. The summed E-state index contributed by atoms with van der Waals surface area (Å²) in [5.74, 6) is 0. The van der Waals surface area contributed by atoms with Crippen molar-refractivity contribution >= 4 is 22.2 Å². The van der Waals surface area contributed by atoms with Crippen molar-refractivity contribution in [2.75, 3.05) is 0 Å². The summed E-state index contributed by atoms with van der Waals surface area (Å²) in [7, 11) is 0. The van der Waals surface area contributed by atoms with Crippen molar-refractivity contribution in [1.29, 1.82) is 0 Å². The quantitative estimate of drug-likeness (QED) is 0.731. The Hall–Kier alpha value is -0.700. The first-order chi connectivity index (χ1) is 5.97. The van der Waals surface area contributed by atoms with Gasteiger partial charge in [-0.25, -0.2) is 4.39 Å². The molecule has 0 heterocycles. The first kappa shape index (κ1) is 10.4. The van der Waals surface area contributed by atoms with Crippen molar-refractivity contribution in [3.63, 3.8) is 0 Å². The fourth-order valence-corrected chi connectivity index (χ4v) is 1.34. The zero-order valence-electron chi connectivity index (χ0n) is 7.47. The van der Waals surface area contributed by atoms with Gasteiger partial charge in [0.1, 0.15) is 0 Å². The molecule has 13 heavy (non-hydrogen) atoms. The Morgan fingerprint density at radius 1 is 1.54 bits per heavy atom. The number of carbonyl (C=O) groups excluding carboxylic acids is 1. The molecule has 0 spiro atoms. The predicted molar refractivity (Wildman–Crippen MR) is 53.4 cm³/mol. The zero-order valence-corrected chi connectivity index (χ0v) is 9.06. The Bertz CT molecular complexity index is 334. The lowest BCUT2D eigenvalue weighted by Gasteiger charge is -2.13. The number of hydrogen-bond acceptors (Lipinski definition) is 1. The first-order valence-corrected chi connectivity index (χ1v) is 4.68. The first-order valence-electron chi connectivity index (χ1n) is 3.89. The Labute approximate surface area is 85.1 Å². The van der Waals surface area contributed by atoms with Gasteiger partial charge in [-0.15, -0.1) is 0 Å². The lowest BCUT2D eigenvalue weighted by atomic mass is 9.99. The number of aldehydes is 1. The molecule has 1 nitrogen and oxygen atoms in total. The van der Waals surface area contributed by atoms with Gasteiger partial charge in [0.2, 0.25) is 0 Å². The van der Waals surface area contributed by atoms with Crippen LogP contribution in [0.25, 0.3) is 0 Å². The minimum atomic E-state index is -1.89. The standard InChI is InChI=1S/C10H10BrFO/c1-7-3-4-8(5-9(7)11)10(2,12)6-13/h3-6H,1-2H3. The number of carbonyl (C=O) groups is 1. The molecule has 1 aromatic rings. The van der Waals surface area contributed by atoms with Crippen LogP contribution in [0.2, 0.25) is 0 Å². The van der Waals surface area contributed by atoms with E-state index in [1.807, 2.05) is 6.92 Å². The largest absolute Gasteiger partial charge is 0.299 e. The molecule has 0 fully saturated rings. The molecule has 3 heteroatoms. The summed E-state index contributed by atoms with van der Waals surface area (Å²) in [5.41, 5.74) is -0.499. The summed E-state index contributed by atoms with van der Waals surface area (Å²) < 4.78 is 14.3. The third-order valence-electron chi connectivity index (χ3n) is 1.96. The molecule has 0 aromatic heterocycles. The topological polar surface area (TPSA) is 17.1 Å². The van der Waals surface area contributed by atoms with E-state index in [4.69, 9.17) is 0 Å². The van der Waals surface area contributed by atoms with Gasteiger partial charge in [0, 0.05) is 4.47 Å². The molecule has 0 bridgehead atoms. The average Bonchev–Trinajstić information content (AvgIpc) is 2.09. The van der Waals surface area contributed by atoms with Gasteiger partial charge in [0.05, 0.1) is 0 Å². The molecular weight excluding hydrogens is 235 g/mol. The normalized spacial score (nSPS) is 15.1. The van der Waals surface area contributed by atoms with Crippen LogP contribution in [0, 0.1) is 6.92 Å². The van der Waals surface area contributed by atoms with E-state index in [1.165, 1.54) is 6.92 Å². The third kappa shape index (κ3) is 2.15. The van der Waals surface area contributed by atoms with Crippen LogP contribution in [0.3, 0.4) is 0 Å². The van der Waals surface area contributed by atoms with Crippen LogP contribution in [-0.4, -0.2) is 6.29 Å². The maximum atomic E-state index is 13.5. The summed E-state index contributed by atoms with van der Waals surface area (Å²) in [6, 6.07) is 5.03. The van der Waals surface area contributed by atoms with Crippen molar-refractivity contribution in [2.45, 2.75) is 19.5 Å². The van der Waals surface area contributed by atoms with E-state index in [1.54, 1.807) is 18.2 Å². The number of hydrogen-bond donors (Lipinski definition) is 0. The number of benzene rings is 1. The molecule has 0 amide bonds. The van der Waals surface area contributed by atoms with Crippen molar-refractivity contribution in [1.82, 2.24) is 0 Å². The van der Waals surface area contributed by atoms with Gasteiger partial charge >= 0.3 is 0 Å². The lowest BCUT2D eigenvalue weighted by molar-refractivity contribution is -0.117. The van der Waals surface area contributed by atoms with E-state index in [0.29, 0.717) is 11.8 Å². The summed E-state index contributed by atoms with van der Waals surface area (Å²) in [6.45, 7) is 3.15. The Morgan fingerprint density at radius 3 is 2.62 bits per heavy atom. The molecule has 0 N–H and O–H groups in total. The minimum absolute atomic E-state index is 0.310. The molecule has 1 rings (SSSR count). The van der Waals surface area contributed by atoms with E-state index in [2.05, 4.69) is 15.9 Å². The summed E-state index contributed by atoms with van der Waals surface area (Å²) in [4.78, 5) is 10.4. The minimum Gasteiger partial charge on any atom is -0.299 e. The SMILES string of the molecule is Cc1ccc(C(C)(F)C=O)cc1Br. The van der Waals surface area contributed by atoms with E-state index >= 15 is 0 Å². The summed E-state index contributed by atoms with van der Waals surface area (Å²) in [5, 5.41) is 0. The van der Waals surface area contributed by atoms with Crippen molar-refractivity contribution in [3.05, 3.63) is 33.8 Å². The van der Waals surface area contributed by atoms with Crippen LogP contribution in [0.1, 0.15) is 18.1 Å². The molecule has 0 aliphatic heterocycles. The molecular formula is C10H10BrFO. The molecule has 0 saturated heterocycles. The maximum Gasteiger partial charge on any atom is 0.188 e. The molecule has 70 valence electrons. The molecule has 1 aromatic carbocycles. The second-order valence-corrected chi connectivity index (χ2v) is 4.01. The molecule has 0 aliphatic carbocycles. The molecule has 1 unspecified atom stereocenters. The highest BCUT2D eigenvalue weighted by Crippen LogP contribution is 2.27. The molecule has 0 saturated carbocycles. The van der Waals surface area contributed by atoms with Gasteiger partial charge in [0.25, 0.3) is 0 Å². The van der Waals surface area contributed by atoms with E-state index in [0.717, 1.165) is 10.0 Å². The van der Waals surface area contributed by atoms with Gasteiger partial charge in [-0.1, -0.05) is 28.1 Å². The van der Waals surface area contributed by atoms with E-state index in [-0.39, 0.29) is 0 Å². The van der Waals surface area contributed by atoms with Crippen LogP contribution in [0.15, 0.2) is 22.7 Å². The second-order valence-electron chi connectivity index (χ2n) is 3.16. The highest BCUT2D eigenvalue weighted by molar-refractivity contribution is 9.10. The van der Waals surface area contributed by atoms with E-state index < -0.39 is 5.67 Å². The zero-order chi connectivity index (χ0) is 10.1. The van der Waals surface area contributed by atoms with Gasteiger partial charge in [-0.3, -0.25) is 4.79 Å². The van der Waals surface area contributed by atoms with Crippen LogP contribution in [0.4, 0.5) is 4.39 Å². The molecule has 0 radical (unpaired) electrons. The smallest absolute Gasteiger partial charge is 0.188 e. The van der Waals surface area contributed by atoms with Gasteiger partial charge in [0.15, 0.2) is 12.0 Å². The Balaban J connectivity index is 3.18. The highest BCUT2D eigenvalue weighted by Gasteiger charge is 2.24. The van der Waals surface area contributed by atoms with Crippen LogP contribution >= 0.6 is 15.9 Å². The summed E-state index contributed by atoms with van der Waals surface area (Å²) >= 11 is 3.29. The van der Waals surface area contributed by atoms with Gasteiger partial charge in [-0.2, -0.15) is 0 Å². The second kappa shape index (κ2) is 3.58. The summed E-state index contributed by atoms with van der Waals surface area (Å²) in [6.07, 6.45) is 0.310. The molecule has 0 aliphatic rings. The fraction of sp³-hybridized carbons (Fsp3) is 0.300. The predicted octanol–water partition coefficient (Wildman–Crippen LogP) is 3.14. The van der Waals surface area contributed by atoms with Crippen molar-refractivity contribution in [3.8, 4) is 0 Å². The number of halogens is 2. The lowest BCUT2D eigenvalue weighted by Crippen LogP contribution is -2.16. The molecule has 1 atom stereocenters. The average molecular weight is 245 g/mol. The van der Waals surface area contributed by atoms with Gasteiger partial charge < -0.3 is 0 Å². The Kier molecular flexibility index (Phi) is 2.86. The third-order valence-corrected chi connectivity index (χ3v) is 2.81. The van der Waals surface area contributed by atoms with Crippen LogP contribution in [-0.2, 0) is 10.5 Å². The van der Waals surface area contributed by atoms with E-state index in [9.17, 15) is 9.18 Å². The fourth-order valence-electron chi connectivity index (χ4n) is 0.965. The Morgan fingerprint density at radius 2 is 2.15 bits per heavy atom. The highest BCUT2D eigenvalue weighted by atomic mass is 79.9. The van der Waals surface area contributed by atoms with Crippen molar-refractivity contribution in [2.24, 2.45) is 0 Å². The van der Waals surface area contributed by atoms with Crippen LogP contribution < -0.4 is 0 Å². The monoisotopic (exact) mass is 244 g/mol. The van der Waals surface area contributed by atoms with Gasteiger partial charge in [-0.05, 0) is 31.0 Å².